The van der Waals surface area contributed by atoms with Crippen molar-refractivity contribution in [3.63, 3.8) is 0 Å². The molecule has 0 spiro atoms. The molecular formula is C19H17N5O4. The van der Waals surface area contributed by atoms with Gasteiger partial charge >= 0.3 is 0 Å². The van der Waals surface area contributed by atoms with Gasteiger partial charge in [-0.2, -0.15) is 0 Å². The minimum absolute atomic E-state index is 0.0644. The number of amides is 1. The highest BCUT2D eigenvalue weighted by Crippen LogP contribution is 2.24. The second-order valence-corrected chi connectivity index (χ2v) is 6.31. The smallest absolute Gasteiger partial charge is 0.270 e. The molecule has 1 amide bonds. The molecule has 0 atom stereocenters. The van der Waals surface area contributed by atoms with Crippen molar-refractivity contribution >= 4 is 33.5 Å². The van der Waals surface area contributed by atoms with Gasteiger partial charge in [0.25, 0.3) is 11.6 Å². The zero-order valence-electron chi connectivity index (χ0n) is 15.2. The first kappa shape index (κ1) is 17.5. The third-order valence-electron chi connectivity index (χ3n) is 4.71. The summed E-state index contributed by atoms with van der Waals surface area (Å²) in [5.41, 5.74) is 2.64. The third kappa shape index (κ3) is 2.92. The van der Waals surface area contributed by atoms with E-state index in [1.165, 1.54) is 12.1 Å². The van der Waals surface area contributed by atoms with E-state index >= 15 is 0 Å². The summed E-state index contributed by atoms with van der Waals surface area (Å²) in [5, 5.41) is 14.3. The van der Waals surface area contributed by atoms with Crippen molar-refractivity contribution in [2.24, 2.45) is 7.05 Å². The van der Waals surface area contributed by atoms with Gasteiger partial charge in [-0.15, -0.1) is 0 Å². The molecule has 2 aromatic heterocycles. The minimum Gasteiger partial charge on any atom is -0.497 e. The predicted molar refractivity (Wildman–Crippen MR) is 103 cm³/mol. The Bertz CT molecular complexity index is 1220. The lowest BCUT2D eigenvalue weighted by molar-refractivity contribution is -0.384. The highest BCUT2D eigenvalue weighted by atomic mass is 16.6. The minimum atomic E-state index is -0.484. The summed E-state index contributed by atoms with van der Waals surface area (Å²) in [6, 6.07) is 9.97. The molecule has 2 N–H and O–H groups in total. The van der Waals surface area contributed by atoms with E-state index in [0.29, 0.717) is 28.0 Å². The molecule has 0 aliphatic rings. The molecule has 142 valence electrons. The van der Waals surface area contributed by atoms with Gasteiger partial charge in [0.05, 0.1) is 35.2 Å². The quantitative estimate of drug-likeness (QED) is 0.409. The number of carbonyl (C=O) groups is 1. The molecule has 4 rings (SSSR count). The highest BCUT2D eigenvalue weighted by molar-refractivity contribution is 6.07. The average molecular weight is 379 g/mol. The molecule has 0 aliphatic heterocycles. The number of aromatic amines is 1. The number of rotatable bonds is 5. The molecule has 0 saturated heterocycles. The van der Waals surface area contributed by atoms with Crippen LogP contribution in [-0.2, 0) is 13.6 Å². The molecule has 0 radical (unpaired) electrons. The van der Waals surface area contributed by atoms with Crippen LogP contribution in [-0.4, -0.2) is 32.5 Å². The van der Waals surface area contributed by atoms with Gasteiger partial charge in [0.15, 0.2) is 0 Å². The van der Waals surface area contributed by atoms with Crippen molar-refractivity contribution in [2.45, 2.75) is 6.54 Å². The maximum atomic E-state index is 12.6. The molecule has 0 unspecified atom stereocenters. The van der Waals surface area contributed by atoms with E-state index in [4.69, 9.17) is 4.74 Å². The monoisotopic (exact) mass is 379 g/mol. The first-order valence-corrected chi connectivity index (χ1v) is 8.51. The summed E-state index contributed by atoms with van der Waals surface area (Å²) in [7, 11) is 3.47. The van der Waals surface area contributed by atoms with Crippen molar-refractivity contribution in [3.8, 4) is 5.75 Å². The Hall–Kier alpha value is -3.88. The number of nitrogens with zero attached hydrogens (tertiary/aromatic N) is 3. The zero-order valence-corrected chi connectivity index (χ0v) is 15.2. The van der Waals surface area contributed by atoms with Gasteiger partial charge in [-0.05, 0) is 18.2 Å². The number of nitro benzene ring substituents is 1. The Balaban J connectivity index is 1.59. The van der Waals surface area contributed by atoms with Crippen molar-refractivity contribution in [1.29, 1.82) is 0 Å². The van der Waals surface area contributed by atoms with Crippen LogP contribution in [0.3, 0.4) is 0 Å². The van der Waals surface area contributed by atoms with Crippen molar-refractivity contribution < 1.29 is 14.5 Å². The Morgan fingerprint density at radius 3 is 2.89 bits per heavy atom. The van der Waals surface area contributed by atoms with Crippen LogP contribution in [0.5, 0.6) is 5.75 Å². The molecule has 4 aromatic rings. The number of imidazole rings is 1. The highest BCUT2D eigenvalue weighted by Gasteiger charge is 2.16. The fraction of sp³-hybridized carbons (Fsp3) is 0.158. The summed E-state index contributed by atoms with van der Waals surface area (Å²) in [4.78, 5) is 30.7. The molecule has 28 heavy (non-hydrogen) atoms. The topological polar surface area (TPSA) is 115 Å². The van der Waals surface area contributed by atoms with E-state index in [-0.39, 0.29) is 18.1 Å². The molecule has 9 nitrogen and oxygen atoms in total. The van der Waals surface area contributed by atoms with Gasteiger partial charge in [-0.25, -0.2) is 4.98 Å². The number of hydrogen-bond acceptors (Lipinski definition) is 5. The van der Waals surface area contributed by atoms with Crippen molar-refractivity contribution in [1.82, 2.24) is 19.9 Å². The second kappa shape index (κ2) is 6.69. The number of carbonyl (C=O) groups excluding carboxylic acids is 1. The van der Waals surface area contributed by atoms with E-state index in [1.807, 2.05) is 29.8 Å². The Morgan fingerprint density at radius 1 is 1.32 bits per heavy atom. The lowest BCUT2D eigenvalue weighted by Crippen LogP contribution is -2.24. The average Bonchev–Trinajstić information content (AvgIpc) is 3.26. The molecule has 2 heterocycles. The molecule has 2 aromatic carbocycles. The van der Waals surface area contributed by atoms with E-state index in [1.54, 1.807) is 19.4 Å². The first-order chi connectivity index (χ1) is 13.5. The van der Waals surface area contributed by atoms with E-state index in [9.17, 15) is 14.9 Å². The number of nitro groups is 1. The van der Waals surface area contributed by atoms with Crippen LogP contribution in [0.4, 0.5) is 5.69 Å². The van der Waals surface area contributed by atoms with Gasteiger partial charge in [-0.3, -0.25) is 14.9 Å². The number of fused-ring (bicyclic) bond motifs is 2. The number of methoxy groups -OCH3 is 1. The van der Waals surface area contributed by atoms with E-state index < -0.39 is 4.92 Å². The fourth-order valence-corrected chi connectivity index (χ4v) is 3.18. The summed E-state index contributed by atoms with van der Waals surface area (Å²) < 4.78 is 7.11. The number of benzene rings is 2. The van der Waals surface area contributed by atoms with Crippen LogP contribution in [0.1, 0.15) is 16.2 Å². The summed E-state index contributed by atoms with van der Waals surface area (Å²) >= 11 is 0. The fourth-order valence-electron chi connectivity index (χ4n) is 3.18. The predicted octanol–water partition coefficient (Wildman–Crippen LogP) is 2.90. The second-order valence-electron chi connectivity index (χ2n) is 6.31. The Kier molecular flexibility index (Phi) is 4.19. The summed E-state index contributed by atoms with van der Waals surface area (Å²) in [5.74, 6) is 1.06. The van der Waals surface area contributed by atoms with Gasteiger partial charge in [0.2, 0.25) is 0 Å². The maximum absolute atomic E-state index is 12.6. The lowest BCUT2D eigenvalue weighted by atomic mass is 10.1. The number of H-pyrrole nitrogens is 1. The van der Waals surface area contributed by atoms with Crippen LogP contribution in [0.25, 0.3) is 21.9 Å². The molecule has 0 saturated carbocycles. The molecule has 0 bridgehead atoms. The van der Waals surface area contributed by atoms with Gasteiger partial charge < -0.3 is 19.6 Å². The Labute approximate surface area is 159 Å². The van der Waals surface area contributed by atoms with Crippen LogP contribution in [0.2, 0.25) is 0 Å². The molecule has 0 fully saturated rings. The number of hydrogen-bond donors (Lipinski definition) is 2. The normalized spacial score (nSPS) is 11.1. The standard InChI is InChI=1S/C19H17N5O4/c1-23-17-6-4-12(28-2)8-16(17)22-18(23)10-21-19(25)14-9-20-15-5-3-11(24(26)27)7-13(14)15/h3-9,20H,10H2,1-2H3,(H,21,25). The van der Waals surface area contributed by atoms with E-state index in [0.717, 1.165) is 11.0 Å². The van der Waals surface area contributed by atoms with Crippen molar-refractivity contribution in [3.05, 3.63) is 64.1 Å². The largest absolute Gasteiger partial charge is 0.497 e. The number of aromatic nitrogens is 3. The maximum Gasteiger partial charge on any atom is 0.270 e. The number of aryl methyl sites for hydroxylation is 1. The number of nitrogens with one attached hydrogen (secondary N) is 2. The van der Waals surface area contributed by atoms with Gasteiger partial charge in [0.1, 0.15) is 11.6 Å². The van der Waals surface area contributed by atoms with E-state index in [2.05, 4.69) is 15.3 Å². The van der Waals surface area contributed by atoms with Gasteiger partial charge in [-0.1, -0.05) is 0 Å². The SMILES string of the molecule is COc1ccc2c(c1)nc(CNC(=O)c1c[nH]c3ccc([N+](=O)[O-])cc13)n2C. The molecular weight excluding hydrogens is 362 g/mol. The number of ether oxygens (including phenoxy) is 1. The summed E-state index contributed by atoms with van der Waals surface area (Å²) in [6.45, 7) is 0.216. The van der Waals surface area contributed by atoms with Crippen LogP contribution >= 0.6 is 0 Å². The molecule has 9 heteroatoms. The van der Waals surface area contributed by atoms with Crippen LogP contribution in [0.15, 0.2) is 42.6 Å². The zero-order chi connectivity index (χ0) is 19.8. The molecule has 0 aliphatic carbocycles. The first-order valence-electron chi connectivity index (χ1n) is 8.51. The van der Waals surface area contributed by atoms with Gasteiger partial charge in [0, 0.05) is 42.3 Å². The number of non-ortho nitro benzene ring substituents is 1. The summed E-state index contributed by atoms with van der Waals surface area (Å²) in [6.07, 6.45) is 1.55. The van der Waals surface area contributed by atoms with Crippen LogP contribution < -0.4 is 10.1 Å². The van der Waals surface area contributed by atoms with Crippen LogP contribution in [0, 0.1) is 10.1 Å². The Morgan fingerprint density at radius 2 is 2.14 bits per heavy atom. The third-order valence-corrected chi connectivity index (χ3v) is 4.71. The van der Waals surface area contributed by atoms with Crippen molar-refractivity contribution in [2.75, 3.05) is 7.11 Å². The lowest BCUT2D eigenvalue weighted by Gasteiger charge is -2.05.